The van der Waals surface area contributed by atoms with Gasteiger partial charge in [-0.25, -0.2) is 4.79 Å². The maximum Gasteiger partial charge on any atom is 0.338 e. The smallest absolute Gasteiger partial charge is 0.338 e. The zero-order valence-electron chi connectivity index (χ0n) is 12.0. The number of amides is 1. The predicted molar refractivity (Wildman–Crippen MR) is 91.4 cm³/mol. The molecule has 0 spiro atoms. The van der Waals surface area contributed by atoms with E-state index in [1.807, 2.05) is 0 Å². The van der Waals surface area contributed by atoms with Crippen LogP contribution in [0.3, 0.4) is 0 Å². The summed E-state index contributed by atoms with van der Waals surface area (Å²) >= 11 is 17.5. The van der Waals surface area contributed by atoms with Crippen molar-refractivity contribution >= 4 is 52.4 Å². The number of anilines is 1. The maximum absolute atomic E-state index is 12.1. The van der Waals surface area contributed by atoms with Gasteiger partial charge in [0.2, 0.25) is 0 Å². The monoisotopic (exact) mass is 371 g/mol. The number of benzene rings is 2. The van der Waals surface area contributed by atoms with Crippen LogP contribution in [0.15, 0.2) is 42.5 Å². The van der Waals surface area contributed by atoms with Crippen LogP contribution in [-0.2, 0) is 9.53 Å². The first kappa shape index (κ1) is 17.6. The van der Waals surface area contributed by atoms with Gasteiger partial charge in [0.15, 0.2) is 6.10 Å². The largest absolute Gasteiger partial charge is 0.449 e. The number of carbonyl (C=O) groups excluding carboxylic acids is 2. The zero-order valence-corrected chi connectivity index (χ0v) is 14.2. The molecule has 0 saturated carbocycles. The van der Waals surface area contributed by atoms with E-state index >= 15 is 0 Å². The van der Waals surface area contributed by atoms with E-state index < -0.39 is 18.0 Å². The first-order valence-electron chi connectivity index (χ1n) is 6.59. The van der Waals surface area contributed by atoms with Crippen LogP contribution < -0.4 is 5.32 Å². The second kappa shape index (κ2) is 7.68. The third kappa shape index (κ3) is 4.86. The van der Waals surface area contributed by atoms with Crippen LogP contribution in [0.25, 0.3) is 0 Å². The summed E-state index contributed by atoms with van der Waals surface area (Å²) in [5, 5.41) is 3.83. The number of nitrogens with one attached hydrogen (secondary N) is 1. The van der Waals surface area contributed by atoms with Gasteiger partial charge in [-0.2, -0.15) is 0 Å². The Hall–Kier alpha value is -1.75. The summed E-state index contributed by atoms with van der Waals surface area (Å²) in [5.74, 6) is -1.12. The van der Waals surface area contributed by atoms with Crippen molar-refractivity contribution in [2.75, 3.05) is 5.32 Å². The fraction of sp³-hybridized carbons (Fsp3) is 0.125. The molecule has 4 nitrogen and oxygen atoms in total. The van der Waals surface area contributed by atoms with Gasteiger partial charge in [-0.1, -0.05) is 34.8 Å². The van der Waals surface area contributed by atoms with E-state index in [9.17, 15) is 9.59 Å². The molecule has 2 rings (SSSR count). The Morgan fingerprint density at radius 2 is 1.61 bits per heavy atom. The van der Waals surface area contributed by atoms with Crippen molar-refractivity contribution in [2.24, 2.45) is 0 Å². The number of rotatable bonds is 4. The minimum Gasteiger partial charge on any atom is -0.449 e. The van der Waals surface area contributed by atoms with E-state index in [0.717, 1.165) is 0 Å². The summed E-state index contributed by atoms with van der Waals surface area (Å²) in [6.45, 7) is 1.47. The van der Waals surface area contributed by atoms with Crippen LogP contribution in [-0.4, -0.2) is 18.0 Å². The van der Waals surface area contributed by atoms with E-state index in [1.165, 1.54) is 25.1 Å². The fourth-order valence-electron chi connectivity index (χ4n) is 1.69. The van der Waals surface area contributed by atoms with Crippen molar-refractivity contribution < 1.29 is 14.3 Å². The number of esters is 1. The number of carbonyl (C=O) groups is 2. The van der Waals surface area contributed by atoms with Gasteiger partial charge in [-0.3, -0.25) is 4.79 Å². The molecule has 1 N–H and O–H groups in total. The van der Waals surface area contributed by atoms with Crippen LogP contribution >= 0.6 is 34.8 Å². The Bertz CT molecular complexity index is 732. The van der Waals surface area contributed by atoms with Crippen molar-refractivity contribution in [2.45, 2.75) is 13.0 Å². The Kier molecular flexibility index (Phi) is 5.88. The molecule has 0 saturated heterocycles. The van der Waals surface area contributed by atoms with Crippen molar-refractivity contribution in [3.05, 3.63) is 63.1 Å². The van der Waals surface area contributed by atoms with Crippen molar-refractivity contribution in [3.8, 4) is 0 Å². The highest BCUT2D eigenvalue weighted by molar-refractivity contribution is 6.36. The third-order valence-corrected chi connectivity index (χ3v) is 3.72. The highest BCUT2D eigenvalue weighted by Crippen LogP contribution is 2.25. The number of halogens is 3. The normalized spacial score (nSPS) is 11.7. The zero-order chi connectivity index (χ0) is 17.0. The SMILES string of the molecule is CC(OC(=O)c1ccc(Cl)cc1)C(=O)Nc1ccc(Cl)cc1Cl. The number of hydrogen-bond acceptors (Lipinski definition) is 3. The molecule has 120 valence electrons. The Labute approximate surface area is 148 Å². The van der Waals surface area contributed by atoms with Crippen molar-refractivity contribution in [1.82, 2.24) is 0 Å². The van der Waals surface area contributed by atoms with Crippen LogP contribution in [0.1, 0.15) is 17.3 Å². The lowest BCUT2D eigenvalue weighted by atomic mass is 10.2. The van der Waals surface area contributed by atoms with Gasteiger partial charge in [0.05, 0.1) is 16.3 Å². The number of hydrogen-bond donors (Lipinski definition) is 1. The molecule has 1 atom stereocenters. The van der Waals surface area contributed by atoms with Gasteiger partial charge in [0.1, 0.15) is 0 Å². The minimum atomic E-state index is -0.995. The first-order valence-corrected chi connectivity index (χ1v) is 7.72. The van der Waals surface area contributed by atoms with Crippen molar-refractivity contribution in [3.63, 3.8) is 0 Å². The first-order chi connectivity index (χ1) is 10.9. The van der Waals surface area contributed by atoms with Gasteiger partial charge in [-0.05, 0) is 49.4 Å². The molecule has 0 aliphatic heterocycles. The molecule has 1 amide bonds. The van der Waals surface area contributed by atoms with E-state index in [2.05, 4.69) is 5.32 Å². The molecule has 0 radical (unpaired) electrons. The van der Waals surface area contributed by atoms with E-state index in [-0.39, 0.29) is 0 Å². The molecule has 7 heteroatoms. The number of ether oxygens (including phenoxy) is 1. The highest BCUT2D eigenvalue weighted by Gasteiger charge is 2.19. The molecular weight excluding hydrogens is 361 g/mol. The van der Waals surface area contributed by atoms with Crippen LogP contribution in [0.5, 0.6) is 0 Å². The summed E-state index contributed by atoms with van der Waals surface area (Å²) in [6, 6.07) is 10.8. The maximum atomic E-state index is 12.1. The highest BCUT2D eigenvalue weighted by atomic mass is 35.5. The molecule has 0 bridgehead atoms. The molecule has 0 aliphatic rings. The predicted octanol–water partition coefficient (Wildman–Crippen LogP) is 4.83. The van der Waals surface area contributed by atoms with Crippen LogP contribution in [0.2, 0.25) is 15.1 Å². The van der Waals surface area contributed by atoms with Gasteiger partial charge >= 0.3 is 5.97 Å². The Morgan fingerprint density at radius 1 is 1.00 bits per heavy atom. The average molecular weight is 373 g/mol. The summed E-state index contributed by atoms with van der Waals surface area (Å²) < 4.78 is 5.11. The average Bonchev–Trinajstić information content (AvgIpc) is 2.50. The molecule has 0 fully saturated rings. The molecule has 0 aromatic heterocycles. The van der Waals surface area contributed by atoms with E-state index in [4.69, 9.17) is 39.5 Å². The Balaban J connectivity index is 1.99. The Morgan fingerprint density at radius 3 is 2.22 bits per heavy atom. The third-order valence-electron chi connectivity index (χ3n) is 2.92. The topological polar surface area (TPSA) is 55.4 Å². The lowest BCUT2D eigenvalue weighted by Gasteiger charge is -2.14. The van der Waals surface area contributed by atoms with E-state index in [1.54, 1.807) is 24.3 Å². The van der Waals surface area contributed by atoms with Gasteiger partial charge in [-0.15, -0.1) is 0 Å². The van der Waals surface area contributed by atoms with Gasteiger partial charge in [0.25, 0.3) is 5.91 Å². The fourth-order valence-corrected chi connectivity index (χ4v) is 2.28. The second-order valence-electron chi connectivity index (χ2n) is 4.67. The molecule has 0 heterocycles. The minimum absolute atomic E-state index is 0.294. The quantitative estimate of drug-likeness (QED) is 0.782. The molecule has 0 aliphatic carbocycles. The lowest BCUT2D eigenvalue weighted by Crippen LogP contribution is -2.30. The van der Waals surface area contributed by atoms with Crippen molar-refractivity contribution in [1.29, 1.82) is 0 Å². The summed E-state index contributed by atoms with van der Waals surface area (Å²) in [5.41, 5.74) is 0.689. The van der Waals surface area contributed by atoms with Gasteiger partial charge < -0.3 is 10.1 Å². The van der Waals surface area contributed by atoms with Crippen LogP contribution in [0, 0.1) is 0 Å². The second-order valence-corrected chi connectivity index (χ2v) is 5.95. The molecule has 2 aromatic rings. The lowest BCUT2D eigenvalue weighted by molar-refractivity contribution is -0.123. The summed E-state index contributed by atoms with van der Waals surface area (Å²) in [6.07, 6.45) is -0.995. The summed E-state index contributed by atoms with van der Waals surface area (Å²) in [4.78, 5) is 24.0. The van der Waals surface area contributed by atoms with Gasteiger partial charge in [0, 0.05) is 10.0 Å². The molecule has 1 unspecified atom stereocenters. The molecule has 23 heavy (non-hydrogen) atoms. The van der Waals surface area contributed by atoms with Crippen LogP contribution in [0.4, 0.5) is 5.69 Å². The van der Waals surface area contributed by atoms with E-state index in [0.29, 0.717) is 26.3 Å². The molecule has 2 aromatic carbocycles. The standard InChI is InChI=1S/C16H12Cl3NO3/c1-9(23-16(22)10-2-4-11(17)5-3-10)15(21)20-14-7-6-12(18)8-13(14)19/h2-9H,1H3,(H,20,21). The summed E-state index contributed by atoms with van der Waals surface area (Å²) in [7, 11) is 0. The molecular formula is C16H12Cl3NO3.